The van der Waals surface area contributed by atoms with Crippen LogP contribution < -0.4 is 20.5 Å². The molecule has 0 spiro atoms. The van der Waals surface area contributed by atoms with Crippen LogP contribution in [0.4, 0.5) is 20.2 Å². The lowest BCUT2D eigenvalue weighted by Crippen LogP contribution is -2.10. The molecule has 7 nitrogen and oxygen atoms in total. The number of nitrogens with one attached hydrogen (secondary N) is 1. The molecule has 1 aromatic heterocycles. The van der Waals surface area contributed by atoms with Gasteiger partial charge in [0.2, 0.25) is 0 Å². The molecule has 0 saturated carbocycles. The molecule has 1 heterocycles. The van der Waals surface area contributed by atoms with Crippen LogP contribution in [-0.2, 0) is 22.5 Å². The number of hydrogen-bond acceptors (Lipinski definition) is 7. The van der Waals surface area contributed by atoms with Crippen molar-refractivity contribution in [2.45, 2.75) is 19.6 Å². The quantitative estimate of drug-likeness (QED) is 0.339. The molecule has 3 rings (SSSR count). The molecular weight excluding hydrogens is 444 g/mol. The molecule has 168 valence electrons. The number of nitrogens with zero attached hydrogens (tertiary/aromatic N) is 1. The standard InChI is InChI=1S/C22H20ClF2N3O4/c1-30-21(29)9-13-7-8-27-12-20(13)31-18-3-2-4-19(32-22(24)25)15(18)11-28-17-10-14(23)5-6-16(17)26/h2-8,10,12,22,28H,9,11,26H2,1H3. The number of ether oxygens (including phenoxy) is 3. The summed E-state index contributed by atoms with van der Waals surface area (Å²) in [5.74, 6) is -0.0378. The minimum Gasteiger partial charge on any atom is -0.469 e. The van der Waals surface area contributed by atoms with Gasteiger partial charge in [-0.15, -0.1) is 0 Å². The van der Waals surface area contributed by atoms with Gasteiger partial charge in [-0.05, 0) is 36.4 Å². The summed E-state index contributed by atoms with van der Waals surface area (Å²) in [5, 5.41) is 3.52. The Balaban J connectivity index is 1.94. The fourth-order valence-electron chi connectivity index (χ4n) is 2.88. The largest absolute Gasteiger partial charge is 0.469 e. The normalized spacial score (nSPS) is 10.7. The lowest BCUT2D eigenvalue weighted by atomic mass is 10.1. The molecule has 0 atom stereocenters. The lowest BCUT2D eigenvalue weighted by molar-refractivity contribution is -0.139. The molecule has 0 unspecified atom stereocenters. The molecule has 0 saturated heterocycles. The molecule has 0 aliphatic heterocycles. The Hall–Kier alpha value is -3.59. The van der Waals surface area contributed by atoms with E-state index in [2.05, 4.69) is 15.0 Å². The third-order valence-corrected chi connectivity index (χ3v) is 4.66. The molecule has 0 fully saturated rings. The number of hydrogen-bond donors (Lipinski definition) is 2. The smallest absolute Gasteiger partial charge is 0.387 e. The maximum atomic E-state index is 13.0. The van der Waals surface area contributed by atoms with E-state index < -0.39 is 12.6 Å². The van der Waals surface area contributed by atoms with Crippen molar-refractivity contribution in [2.75, 3.05) is 18.2 Å². The van der Waals surface area contributed by atoms with Gasteiger partial charge in [-0.25, -0.2) is 0 Å². The number of benzene rings is 2. The number of aromatic nitrogens is 1. The fraction of sp³-hybridized carbons (Fsp3) is 0.182. The number of halogens is 3. The van der Waals surface area contributed by atoms with Crippen LogP contribution in [0.3, 0.4) is 0 Å². The first-order valence-electron chi connectivity index (χ1n) is 9.40. The minimum absolute atomic E-state index is 0.0371. The number of methoxy groups -OCH3 is 1. The summed E-state index contributed by atoms with van der Waals surface area (Å²) in [6.07, 6.45) is 2.88. The molecule has 32 heavy (non-hydrogen) atoms. The van der Waals surface area contributed by atoms with E-state index in [0.29, 0.717) is 27.5 Å². The van der Waals surface area contributed by atoms with Gasteiger partial charge in [-0.2, -0.15) is 8.78 Å². The van der Waals surface area contributed by atoms with Crippen molar-refractivity contribution >= 4 is 28.9 Å². The molecule has 0 aliphatic carbocycles. The van der Waals surface area contributed by atoms with Crippen molar-refractivity contribution in [2.24, 2.45) is 0 Å². The number of rotatable bonds is 9. The second-order valence-corrected chi connectivity index (χ2v) is 6.97. The number of esters is 1. The van der Waals surface area contributed by atoms with E-state index in [1.165, 1.54) is 31.6 Å². The number of nitrogens with two attached hydrogens (primary N) is 1. The van der Waals surface area contributed by atoms with Crippen molar-refractivity contribution < 1.29 is 27.8 Å². The highest BCUT2D eigenvalue weighted by Crippen LogP contribution is 2.35. The maximum absolute atomic E-state index is 13.0. The van der Waals surface area contributed by atoms with Gasteiger partial charge in [0.15, 0.2) is 0 Å². The minimum atomic E-state index is -3.03. The zero-order chi connectivity index (χ0) is 23.1. The van der Waals surface area contributed by atoms with E-state index in [9.17, 15) is 13.6 Å². The Bertz CT molecular complexity index is 1100. The van der Waals surface area contributed by atoms with E-state index in [4.69, 9.17) is 26.8 Å². The first-order valence-corrected chi connectivity index (χ1v) is 9.78. The Morgan fingerprint density at radius 1 is 1.19 bits per heavy atom. The first-order chi connectivity index (χ1) is 15.4. The zero-order valence-corrected chi connectivity index (χ0v) is 17.7. The Morgan fingerprint density at radius 2 is 1.97 bits per heavy atom. The number of nitrogen functional groups attached to an aromatic ring is 1. The van der Waals surface area contributed by atoms with Crippen LogP contribution in [0.25, 0.3) is 0 Å². The molecule has 0 amide bonds. The van der Waals surface area contributed by atoms with E-state index in [1.807, 2.05) is 0 Å². The average molecular weight is 464 g/mol. The predicted molar refractivity (Wildman–Crippen MR) is 116 cm³/mol. The maximum Gasteiger partial charge on any atom is 0.387 e. The lowest BCUT2D eigenvalue weighted by Gasteiger charge is -2.18. The third kappa shape index (κ3) is 5.98. The summed E-state index contributed by atoms with van der Waals surface area (Å²) in [6, 6.07) is 11.0. The summed E-state index contributed by atoms with van der Waals surface area (Å²) in [5.41, 5.74) is 7.73. The molecule has 3 aromatic rings. The second-order valence-electron chi connectivity index (χ2n) is 6.53. The Morgan fingerprint density at radius 3 is 2.72 bits per heavy atom. The van der Waals surface area contributed by atoms with E-state index in [0.717, 1.165) is 0 Å². The molecule has 3 N–H and O–H groups in total. The third-order valence-electron chi connectivity index (χ3n) is 4.43. The van der Waals surface area contributed by atoms with Crippen LogP contribution in [-0.4, -0.2) is 24.7 Å². The van der Waals surface area contributed by atoms with Gasteiger partial charge in [0.05, 0.1) is 36.7 Å². The van der Waals surface area contributed by atoms with Crippen LogP contribution in [0.5, 0.6) is 17.2 Å². The van der Waals surface area contributed by atoms with E-state index in [1.54, 1.807) is 30.3 Å². The van der Waals surface area contributed by atoms with E-state index in [-0.39, 0.29) is 30.2 Å². The van der Waals surface area contributed by atoms with Crippen molar-refractivity contribution in [3.63, 3.8) is 0 Å². The highest BCUT2D eigenvalue weighted by Gasteiger charge is 2.18. The van der Waals surface area contributed by atoms with Gasteiger partial charge in [0.25, 0.3) is 0 Å². The summed E-state index contributed by atoms with van der Waals surface area (Å²) in [7, 11) is 1.28. The summed E-state index contributed by atoms with van der Waals surface area (Å²) >= 11 is 6.02. The van der Waals surface area contributed by atoms with E-state index >= 15 is 0 Å². The van der Waals surface area contributed by atoms with Crippen LogP contribution in [0.15, 0.2) is 54.9 Å². The van der Waals surface area contributed by atoms with Crippen LogP contribution >= 0.6 is 11.6 Å². The Kier molecular flexibility index (Phi) is 7.67. The highest BCUT2D eigenvalue weighted by molar-refractivity contribution is 6.31. The monoisotopic (exact) mass is 463 g/mol. The van der Waals surface area contributed by atoms with Crippen LogP contribution in [0.1, 0.15) is 11.1 Å². The van der Waals surface area contributed by atoms with Crippen molar-refractivity contribution in [3.8, 4) is 17.2 Å². The highest BCUT2D eigenvalue weighted by atomic mass is 35.5. The zero-order valence-electron chi connectivity index (χ0n) is 17.0. The van der Waals surface area contributed by atoms with Crippen molar-refractivity contribution in [1.82, 2.24) is 4.98 Å². The molecule has 10 heteroatoms. The van der Waals surface area contributed by atoms with Gasteiger partial charge >= 0.3 is 12.6 Å². The molecule has 0 radical (unpaired) electrons. The summed E-state index contributed by atoms with van der Waals surface area (Å²) < 4.78 is 41.3. The number of carbonyl (C=O) groups is 1. The number of anilines is 2. The van der Waals surface area contributed by atoms with Gasteiger partial charge < -0.3 is 25.3 Å². The van der Waals surface area contributed by atoms with Crippen LogP contribution in [0, 0.1) is 0 Å². The first kappa shape index (κ1) is 23.1. The van der Waals surface area contributed by atoms with Crippen LogP contribution in [0.2, 0.25) is 5.02 Å². The van der Waals surface area contributed by atoms with Gasteiger partial charge in [-0.1, -0.05) is 17.7 Å². The van der Waals surface area contributed by atoms with Crippen molar-refractivity contribution in [3.05, 3.63) is 71.0 Å². The number of carbonyl (C=O) groups excluding carboxylic acids is 1. The predicted octanol–water partition coefficient (Wildman–Crippen LogP) is 5.04. The second kappa shape index (κ2) is 10.6. The fourth-order valence-corrected chi connectivity index (χ4v) is 3.05. The topological polar surface area (TPSA) is 95.7 Å². The molecule has 2 aromatic carbocycles. The molecule has 0 bridgehead atoms. The SMILES string of the molecule is COC(=O)Cc1ccncc1Oc1cccc(OC(F)F)c1CNc1cc(Cl)ccc1N. The van der Waals surface area contributed by atoms with Crippen molar-refractivity contribution in [1.29, 1.82) is 0 Å². The van der Waals surface area contributed by atoms with Gasteiger partial charge in [-0.3, -0.25) is 9.78 Å². The average Bonchev–Trinajstić information content (AvgIpc) is 2.76. The molecular formula is C22H20ClF2N3O4. The number of pyridine rings is 1. The molecule has 0 aliphatic rings. The summed E-state index contributed by atoms with van der Waals surface area (Å²) in [4.78, 5) is 15.7. The van der Waals surface area contributed by atoms with Gasteiger partial charge in [0, 0.05) is 23.3 Å². The van der Waals surface area contributed by atoms with Gasteiger partial charge in [0.1, 0.15) is 17.2 Å². The Labute approximate surface area is 188 Å². The summed E-state index contributed by atoms with van der Waals surface area (Å²) in [6.45, 7) is -3.00. The number of alkyl halides is 2.